The maximum absolute atomic E-state index is 10.2. The van der Waals surface area contributed by atoms with Crippen molar-refractivity contribution >= 4 is 0 Å². The maximum Gasteiger partial charge on any atom is 0.161 e. The standard InChI is InChI=1S/C28H38N2O4/c1-21(2)28(20-29,23-11-13-25(32-5)27(19-23)34-7)15-8-9-16-30(3)17-14-22-10-12-24(31-4)26(18-22)33-6/h8-13,18-19,21H,14-17H2,1-7H3/b9-8+. The molecule has 0 heterocycles. The van der Waals surface area contributed by atoms with Gasteiger partial charge in [0.2, 0.25) is 0 Å². The van der Waals surface area contributed by atoms with Crippen LogP contribution in [0.2, 0.25) is 0 Å². The molecule has 6 heteroatoms. The molecule has 0 amide bonds. The van der Waals surface area contributed by atoms with Gasteiger partial charge in [0.05, 0.1) is 39.9 Å². The summed E-state index contributed by atoms with van der Waals surface area (Å²) in [6.07, 6.45) is 5.79. The highest BCUT2D eigenvalue weighted by atomic mass is 16.5. The first-order chi connectivity index (χ1) is 16.3. The largest absolute Gasteiger partial charge is 0.493 e. The Hall–Kier alpha value is -3.17. The number of rotatable bonds is 13. The molecule has 2 aromatic carbocycles. The Morgan fingerprint density at radius 2 is 1.47 bits per heavy atom. The summed E-state index contributed by atoms with van der Waals surface area (Å²) in [5.74, 6) is 2.91. The van der Waals surface area contributed by atoms with Gasteiger partial charge in [0.15, 0.2) is 23.0 Å². The zero-order valence-electron chi connectivity index (χ0n) is 21.6. The summed E-state index contributed by atoms with van der Waals surface area (Å²) in [5, 5.41) is 10.2. The Labute approximate surface area is 204 Å². The second-order valence-electron chi connectivity index (χ2n) is 8.68. The lowest BCUT2D eigenvalue weighted by molar-refractivity contribution is 0.349. The van der Waals surface area contributed by atoms with Crippen molar-refractivity contribution in [2.75, 3.05) is 48.6 Å². The number of allylic oxidation sites excluding steroid dienone is 1. The van der Waals surface area contributed by atoms with Gasteiger partial charge in [-0.15, -0.1) is 0 Å². The molecule has 0 bridgehead atoms. The molecule has 0 aliphatic heterocycles. The SMILES string of the molecule is COc1ccc(CCN(C)C/C=C/CC(C#N)(c2ccc(OC)c(OC)c2)C(C)C)cc1OC. The summed E-state index contributed by atoms with van der Waals surface area (Å²) in [5.41, 5.74) is 1.49. The highest BCUT2D eigenvalue weighted by Crippen LogP contribution is 2.40. The van der Waals surface area contributed by atoms with Gasteiger partial charge in [-0.25, -0.2) is 0 Å². The number of likely N-dealkylation sites (N-methyl/N-ethyl adjacent to an activating group) is 1. The average molecular weight is 467 g/mol. The van der Waals surface area contributed by atoms with E-state index in [0.717, 1.165) is 36.6 Å². The number of ether oxygens (including phenoxy) is 4. The minimum Gasteiger partial charge on any atom is -0.493 e. The molecule has 0 aliphatic rings. The van der Waals surface area contributed by atoms with Crippen molar-refractivity contribution in [3.8, 4) is 29.1 Å². The van der Waals surface area contributed by atoms with E-state index in [9.17, 15) is 5.26 Å². The van der Waals surface area contributed by atoms with Gasteiger partial charge in [-0.05, 0) is 61.2 Å². The van der Waals surface area contributed by atoms with Crippen molar-refractivity contribution in [1.29, 1.82) is 5.26 Å². The van der Waals surface area contributed by atoms with Crippen LogP contribution in [-0.4, -0.2) is 53.5 Å². The Morgan fingerprint density at radius 1 is 0.882 bits per heavy atom. The molecule has 0 saturated heterocycles. The monoisotopic (exact) mass is 466 g/mol. The third-order valence-electron chi connectivity index (χ3n) is 6.34. The topological polar surface area (TPSA) is 64.0 Å². The summed E-state index contributed by atoms with van der Waals surface area (Å²) < 4.78 is 21.5. The van der Waals surface area contributed by atoms with E-state index in [2.05, 4.69) is 50.1 Å². The highest BCUT2D eigenvalue weighted by molar-refractivity contribution is 5.48. The van der Waals surface area contributed by atoms with Crippen LogP contribution in [0.5, 0.6) is 23.0 Å². The molecule has 34 heavy (non-hydrogen) atoms. The zero-order chi connectivity index (χ0) is 25.1. The van der Waals surface area contributed by atoms with E-state index in [0.29, 0.717) is 17.9 Å². The minimum atomic E-state index is -0.645. The van der Waals surface area contributed by atoms with Gasteiger partial charge in [-0.3, -0.25) is 0 Å². The van der Waals surface area contributed by atoms with E-state index >= 15 is 0 Å². The first-order valence-corrected chi connectivity index (χ1v) is 11.5. The van der Waals surface area contributed by atoms with Gasteiger partial charge in [0, 0.05) is 13.1 Å². The maximum atomic E-state index is 10.2. The van der Waals surface area contributed by atoms with Crippen LogP contribution in [-0.2, 0) is 11.8 Å². The van der Waals surface area contributed by atoms with E-state index < -0.39 is 5.41 Å². The predicted molar refractivity (Wildman–Crippen MR) is 136 cm³/mol. The Morgan fingerprint density at radius 3 is 2.03 bits per heavy atom. The molecule has 1 atom stereocenters. The summed E-state index contributed by atoms with van der Waals surface area (Å²) in [6, 6.07) is 14.4. The van der Waals surface area contributed by atoms with Crippen LogP contribution >= 0.6 is 0 Å². The van der Waals surface area contributed by atoms with Crippen LogP contribution in [0, 0.1) is 17.2 Å². The van der Waals surface area contributed by atoms with Gasteiger partial charge >= 0.3 is 0 Å². The van der Waals surface area contributed by atoms with Crippen LogP contribution in [0.1, 0.15) is 31.4 Å². The second-order valence-corrected chi connectivity index (χ2v) is 8.68. The van der Waals surface area contributed by atoms with Gasteiger partial charge < -0.3 is 23.8 Å². The van der Waals surface area contributed by atoms with Crippen LogP contribution < -0.4 is 18.9 Å². The molecule has 0 saturated carbocycles. The van der Waals surface area contributed by atoms with Crippen LogP contribution in [0.15, 0.2) is 48.6 Å². The lowest BCUT2D eigenvalue weighted by Crippen LogP contribution is -2.30. The fourth-order valence-corrected chi connectivity index (χ4v) is 4.01. The summed E-state index contributed by atoms with van der Waals surface area (Å²) in [7, 11) is 8.62. The average Bonchev–Trinajstić information content (AvgIpc) is 2.86. The molecule has 184 valence electrons. The number of benzene rings is 2. The Balaban J connectivity index is 2.03. The van der Waals surface area contributed by atoms with Crippen LogP contribution in [0.25, 0.3) is 0 Å². The minimum absolute atomic E-state index is 0.128. The molecule has 0 aromatic heterocycles. The van der Waals surface area contributed by atoms with Crippen molar-refractivity contribution in [2.24, 2.45) is 5.92 Å². The Kier molecular flexibility index (Phi) is 10.3. The molecule has 0 N–H and O–H groups in total. The van der Waals surface area contributed by atoms with Gasteiger partial charge in [-0.1, -0.05) is 38.1 Å². The van der Waals surface area contributed by atoms with Crippen molar-refractivity contribution in [1.82, 2.24) is 4.90 Å². The van der Waals surface area contributed by atoms with Gasteiger partial charge in [0.1, 0.15) is 0 Å². The van der Waals surface area contributed by atoms with Crippen molar-refractivity contribution in [2.45, 2.75) is 32.1 Å². The first-order valence-electron chi connectivity index (χ1n) is 11.5. The molecule has 0 spiro atoms. The number of hydrogen-bond donors (Lipinski definition) is 0. The van der Waals surface area contributed by atoms with E-state index in [4.69, 9.17) is 18.9 Å². The Bertz CT molecular complexity index is 996. The quantitative estimate of drug-likeness (QED) is 0.375. The molecule has 1 unspecified atom stereocenters. The molecule has 0 radical (unpaired) electrons. The number of nitriles is 1. The molecule has 0 fully saturated rings. The normalized spacial score (nSPS) is 13.1. The fraction of sp³-hybridized carbons (Fsp3) is 0.464. The molecule has 6 nitrogen and oxygen atoms in total. The van der Waals surface area contributed by atoms with Crippen LogP contribution in [0.4, 0.5) is 0 Å². The third-order valence-corrected chi connectivity index (χ3v) is 6.34. The molecule has 2 rings (SSSR count). The summed E-state index contributed by atoms with van der Waals surface area (Å²) in [6.45, 7) is 5.88. The summed E-state index contributed by atoms with van der Waals surface area (Å²) >= 11 is 0. The number of nitrogens with zero attached hydrogens (tertiary/aromatic N) is 2. The molecular formula is C28H38N2O4. The van der Waals surface area contributed by atoms with Gasteiger partial charge in [0.25, 0.3) is 0 Å². The van der Waals surface area contributed by atoms with Gasteiger partial charge in [-0.2, -0.15) is 5.26 Å². The first kappa shape index (κ1) is 27.1. The molecule has 2 aromatic rings. The lowest BCUT2D eigenvalue weighted by Gasteiger charge is -2.31. The summed E-state index contributed by atoms with van der Waals surface area (Å²) in [4.78, 5) is 2.26. The van der Waals surface area contributed by atoms with E-state index in [-0.39, 0.29) is 5.92 Å². The number of hydrogen-bond acceptors (Lipinski definition) is 6. The van der Waals surface area contributed by atoms with Crippen LogP contribution in [0.3, 0.4) is 0 Å². The zero-order valence-corrected chi connectivity index (χ0v) is 21.6. The fourth-order valence-electron chi connectivity index (χ4n) is 4.01. The second kappa shape index (κ2) is 12.9. The molecular weight excluding hydrogens is 428 g/mol. The molecule has 0 aliphatic carbocycles. The van der Waals surface area contributed by atoms with Crippen molar-refractivity contribution in [3.63, 3.8) is 0 Å². The lowest BCUT2D eigenvalue weighted by atomic mass is 9.70. The highest BCUT2D eigenvalue weighted by Gasteiger charge is 2.35. The smallest absolute Gasteiger partial charge is 0.161 e. The van der Waals surface area contributed by atoms with E-state index in [1.165, 1.54) is 5.56 Å². The predicted octanol–water partition coefficient (Wildman–Crippen LogP) is 5.26. The van der Waals surface area contributed by atoms with E-state index in [1.54, 1.807) is 28.4 Å². The van der Waals surface area contributed by atoms with Crippen molar-refractivity contribution < 1.29 is 18.9 Å². The number of methoxy groups -OCH3 is 4. The van der Waals surface area contributed by atoms with Crippen molar-refractivity contribution in [3.05, 3.63) is 59.7 Å². The third kappa shape index (κ3) is 6.45. The van der Waals surface area contributed by atoms with E-state index in [1.807, 2.05) is 30.3 Å².